The third-order valence-electron chi connectivity index (χ3n) is 4.61. The molecule has 0 unspecified atom stereocenters. The maximum Gasteiger partial charge on any atom is 0.267 e. The minimum absolute atomic E-state index is 0.00468. The number of sulfonamides is 1. The van der Waals surface area contributed by atoms with Crippen molar-refractivity contribution in [1.82, 2.24) is 9.97 Å². The number of halogens is 1. The predicted molar refractivity (Wildman–Crippen MR) is 120 cm³/mol. The van der Waals surface area contributed by atoms with Crippen LogP contribution < -0.4 is 14.4 Å². The zero-order valence-electron chi connectivity index (χ0n) is 16.5. The van der Waals surface area contributed by atoms with Crippen LogP contribution in [0.2, 0.25) is 5.02 Å². The second-order valence-electron chi connectivity index (χ2n) is 6.57. The minimum atomic E-state index is -3.78. The van der Waals surface area contributed by atoms with Crippen LogP contribution in [0, 0.1) is 0 Å². The fraction of sp³-hybridized carbons (Fsp3) is 0.150. The first kappa shape index (κ1) is 21.4. The Bertz CT molecular complexity index is 1280. The SMILES string of the molecule is COc1cccc(NC(=O)CSc2ncc3c(n2)-c2cc(Cl)ccc2N(C)S3(=O)=O)c1. The lowest BCUT2D eigenvalue weighted by molar-refractivity contribution is -0.113. The minimum Gasteiger partial charge on any atom is -0.497 e. The summed E-state index contributed by atoms with van der Waals surface area (Å²) in [6.07, 6.45) is 1.26. The molecule has 0 bridgehead atoms. The molecular formula is C20H17ClN4O4S2. The molecule has 0 fully saturated rings. The Morgan fingerprint density at radius 1 is 1.26 bits per heavy atom. The summed E-state index contributed by atoms with van der Waals surface area (Å²) in [5.74, 6) is 0.424. The monoisotopic (exact) mass is 476 g/mol. The first-order valence-corrected chi connectivity index (χ1v) is 11.8. The molecule has 3 aromatic rings. The fourth-order valence-electron chi connectivity index (χ4n) is 3.08. The van der Waals surface area contributed by atoms with Crippen molar-refractivity contribution in [3.05, 3.63) is 53.7 Å². The highest BCUT2D eigenvalue weighted by Crippen LogP contribution is 2.42. The van der Waals surface area contributed by atoms with E-state index in [-0.39, 0.29) is 27.4 Å². The molecule has 0 saturated heterocycles. The Morgan fingerprint density at radius 3 is 2.84 bits per heavy atom. The number of benzene rings is 2. The zero-order valence-corrected chi connectivity index (χ0v) is 18.9. The lowest BCUT2D eigenvalue weighted by Crippen LogP contribution is -2.31. The van der Waals surface area contributed by atoms with Crippen molar-refractivity contribution >= 4 is 50.7 Å². The van der Waals surface area contributed by atoms with E-state index in [9.17, 15) is 13.2 Å². The summed E-state index contributed by atoms with van der Waals surface area (Å²) in [5, 5.41) is 3.52. The summed E-state index contributed by atoms with van der Waals surface area (Å²) in [6.45, 7) is 0. The maximum atomic E-state index is 12.8. The van der Waals surface area contributed by atoms with Gasteiger partial charge in [-0.3, -0.25) is 9.10 Å². The van der Waals surface area contributed by atoms with Crippen LogP contribution in [0.5, 0.6) is 5.75 Å². The average Bonchev–Trinajstić information content (AvgIpc) is 2.76. The normalized spacial score (nSPS) is 13.8. The highest BCUT2D eigenvalue weighted by molar-refractivity contribution is 7.99. The molecule has 1 N–H and O–H groups in total. The van der Waals surface area contributed by atoms with Gasteiger partial charge in [-0.1, -0.05) is 29.4 Å². The van der Waals surface area contributed by atoms with Crippen molar-refractivity contribution in [2.24, 2.45) is 0 Å². The number of carbonyl (C=O) groups excluding carboxylic acids is 1. The number of amides is 1. The van der Waals surface area contributed by atoms with E-state index < -0.39 is 10.0 Å². The lowest BCUT2D eigenvalue weighted by Gasteiger charge is -2.28. The molecule has 1 amide bonds. The van der Waals surface area contributed by atoms with Crippen LogP contribution in [0.3, 0.4) is 0 Å². The van der Waals surface area contributed by atoms with E-state index in [1.807, 2.05) is 0 Å². The van der Waals surface area contributed by atoms with Gasteiger partial charge in [0.2, 0.25) is 5.91 Å². The summed E-state index contributed by atoms with van der Waals surface area (Å²) in [7, 11) is -0.760. The van der Waals surface area contributed by atoms with Crippen LogP contribution in [0.4, 0.5) is 11.4 Å². The fourth-order valence-corrected chi connectivity index (χ4v) is 5.17. The number of thioether (sulfide) groups is 1. The van der Waals surface area contributed by atoms with Crippen molar-refractivity contribution in [2.45, 2.75) is 10.1 Å². The summed E-state index contributed by atoms with van der Waals surface area (Å²) in [4.78, 5) is 20.9. The van der Waals surface area contributed by atoms with E-state index in [1.165, 1.54) is 17.5 Å². The van der Waals surface area contributed by atoms with E-state index in [4.69, 9.17) is 16.3 Å². The third-order valence-corrected chi connectivity index (χ3v) is 7.48. The number of methoxy groups -OCH3 is 1. The van der Waals surface area contributed by atoms with Crippen molar-refractivity contribution in [2.75, 3.05) is 29.5 Å². The number of rotatable bonds is 5. The largest absolute Gasteiger partial charge is 0.497 e. The quantitative estimate of drug-likeness (QED) is 0.442. The summed E-state index contributed by atoms with van der Waals surface area (Å²) in [6, 6.07) is 11.9. The standard InChI is InChI=1S/C20H17ClN4O4S2/c1-25-16-7-6-12(21)8-15(16)19-17(31(25,27)28)10-22-20(24-19)30-11-18(26)23-13-4-3-5-14(9-13)29-2/h3-10H,11H2,1-2H3,(H,23,26). The molecule has 0 spiro atoms. The van der Waals surface area contributed by atoms with Gasteiger partial charge in [0.15, 0.2) is 5.16 Å². The first-order chi connectivity index (χ1) is 14.8. The number of fused-ring (bicyclic) bond motifs is 3. The van der Waals surface area contributed by atoms with E-state index in [0.717, 1.165) is 11.8 Å². The Morgan fingerprint density at radius 2 is 2.06 bits per heavy atom. The Labute approximate surface area is 188 Å². The molecule has 2 heterocycles. The number of anilines is 2. The molecule has 1 aromatic heterocycles. The van der Waals surface area contributed by atoms with Crippen LogP contribution in [0.1, 0.15) is 0 Å². The second kappa shape index (κ2) is 8.37. The molecule has 8 nitrogen and oxygen atoms in total. The summed E-state index contributed by atoms with van der Waals surface area (Å²) < 4.78 is 32.0. The topological polar surface area (TPSA) is 101 Å². The third kappa shape index (κ3) is 4.18. The van der Waals surface area contributed by atoms with Gasteiger partial charge in [0.25, 0.3) is 10.0 Å². The Kier molecular flexibility index (Phi) is 5.78. The van der Waals surface area contributed by atoms with Crippen LogP contribution in [0.25, 0.3) is 11.3 Å². The Balaban J connectivity index is 1.57. The first-order valence-electron chi connectivity index (χ1n) is 9.02. The van der Waals surface area contributed by atoms with Crippen LogP contribution in [-0.2, 0) is 14.8 Å². The van der Waals surface area contributed by atoms with Crippen molar-refractivity contribution in [3.8, 4) is 17.0 Å². The molecule has 160 valence electrons. The molecule has 0 aliphatic carbocycles. The molecule has 0 saturated carbocycles. The number of carbonyl (C=O) groups is 1. The van der Waals surface area contributed by atoms with Crippen molar-refractivity contribution in [1.29, 1.82) is 0 Å². The number of aromatic nitrogens is 2. The van der Waals surface area contributed by atoms with Crippen LogP contribution in [-0.4, -0.2) is 44.2 Å². The van der Waals surface area contributed by atoms with Gasteiger partial charge >= 0.3 is 0 Å². The molecule has 1 aliphatic rings. The van der Waals surface area contributed by atoms with Crippen LogP contribution in [0.15, 0.2) is 58.7 Å². The second-order valence-corrected chi connectivity index (χ2v) is 9.88. The predicted octanol–water partition coefficient (Wildman–Crippen LogP) is 3.67. The smallest absolute Gasteiger partial charge is 0.267 e. The van der Waals surface area contributed by atoms with Crippen molar-refractivity contribution < 1.29 is 17.9 Å². The number of nitrogens with zero attached hydrogens (tertiary/aromatic N) is 3. The molecule has 31 heavy (non-hydrogen) atoms. The van der Waals surface area contributed by atoms with E-state index in [1.54, 1.807) is 49.6 Å². The maximum absolute atomic E-state index is 12.8. The van der Waals surface area contributed by atoms with E-state index in [0.29, 0.717) is 27.7 Å². The summed E-state index contributed by atoms with van der Waals surface area (Å²) in [5.41, 5.74) is 1.93. The van der Waals surface area contributed by atoms with Gasteiger partial charge in [-0.15, -0.1) is 0 Å². The van der Waals surface area contributed by atoms with E-state index >= 15 is 0 Å². The highest BCUT2D eigenvalue weighted by atomic mass is 35.5. The van der Waals surface area contributed by atoms with Gasteiger partial charge in [-0.25, -0.2) is 18.4 Å². The van der Waals surface area contributed by atoms with E-state index in [2.05, 4.69) is 15.3 Å². The van der Waals surface area contributed by atoms with Gasteiger partial charge in [0.1, 0.15) is 10.6 Å². The number of nitrogens with one attached hydrogen (secondary N) is 1. The zero-order chi connectivity index (χ0) is 22.2. The highest BCUT2D eigenvalue weighted by Gasteiger charge is 2.34. The number of ether oxygens (including phenoxy) is 1. The van der Waals surface area contributed by atoms with Crippen molar-refractivity contribution in [3.63, 3.8) is 0 Å². The average molecular weight is 477 g/mol. The molecule has 1 aliphatic heterocycles. The molecule has 0 atom stereocenters. The Hall–Kier alpha value is -2.82. The molecule has 4 rings (SSSR count). The van der Waals surface area contributed by atoms with Gasteiger partial charge < -0.3 is 10.1 Å². The summed E-state index contributed by atoms with van der Waals surface area (Å²) >= 11 is 7.23. The van der Waals surface area contributed by atoms with Gasteiger partial charge in [-0.2, -0.15) is 0 Å². The molecular weight excluding hydrogens is 460 g/mol. The van der Waals surface area contributed by atoms with Gasteiger partial charge in [-0.05, 0) is 30.3 Å². The molecule has 11 heteroatoms. The number of hydrogen-bond acceptors (Lipinski definition) is 7. The van der Waals surface area contributed by atoms with Crippen LogP contribution >= 0.6 is 23.4 Å². The van der Waals surface area contributed by atoms with Gasteiger partial charge in [0.05, 0.1) is 30.4 Å². The molecule has 2 aromatic carbocycles. The lowest BCUT2D eigenvalue weighted by atomic mass is 10.1. The van der Waals surface area contributed by atoms with Gasteiger partial charge in [0, 0.05) is 29.4 Å². The molecule has 0 radical (unpaired) electrons. The number of hydrogen-bond donors (Lipinski definition) is 1.